The van der Waals surface area contributed by atoms with Crippen LogP contribution in [0.4, 0.5) is 0 Å². The average Bonchev–Trinajstić information content (AvgIpc) is 2.91. The van der Waals surface area contributed by atoms with Crippen molar-refractivity contribution >= 4 is 11.9 Å². The van der Waals surface area contributed by atoms with Gasteiger partial charge in [0.25, 0.3) is 5.91 Å². The lowest BCUT2D eigenvalue weighted by molar-refractivity contribution is -0.156. The summed E-state index contributed by atoms with van der Waals surface area (Å²) in [6.07, 6.45) is 0.703. The molecule has 5 nitrogen and oxygen atoms in total. The second-order valence-corrected chi connectivity index (χ2v) is 5.85. The molecule has 1 fully saturated rings. The third-order valence-corrected chi connectivity index (χ3v) is 4.45. The molecule has 0 radical (unpaired) electrons. The predicted octanol–water partition coefficient (Wildman–Crippen LogP) is 1.45. The molecule has 0 spiro atoms. The van der Waals surface area contributed by atoms with Gasteiger partial charge in [-0.05, 0) is 23.5 Å². The summed E-state index contributed by atoms with van der Waals surface area (Å²) in [7, 11) is 0. The number of carboxylic acids is 1. The van der Waals surface area contributed by atoms with E-state index < -0.39 is 18.1 Å². The standard InChI is InChI=1S/C16H19NO4/c1-10-6-7-21-14(10)15(18)17-9-12-5-3-2-4-11(12)8-13(17)16(19)20/h2-5,10,13-14H,6-9H2,1H3,(H,19,20)/t10?,13-,14?/m0/s1. The molecular formula is C16H19NO4. The lowest BCUT2D eigenvalue weighted by atomic mass is 9.92. The van der Waals surface area contributed by atoms with E-state index in [0.717, 1.165) is 17.5 Å². The fourth-order valence-corrected chi connectivity index (χ4v) is 3.15. The third-order valence-electron chi connectivity index (χ3n) is 4.45. The van der Waals surface area contributed by atoms with Crippen LogP contribution in [0.25, 0.3) is 0 Å². The van der Waals surface area contributed by atoms with Crippen LogP contribution in [0.3, 0.4) is 0 Å². The molecule has 3 atom stereocenters. The summed E-state index contributed by atoms with van der Waals surface area (Å²) in [6.45, 7) is 2.89. The number of amides is 1. The highest BCUT2D eigenvalue weighted by molar-refractivity contribution is 5.87. The molecule has 0 aromatic heterocycles. The molecule has 0 bridgehead atoms. The Labute approximate surface area is 123 Å². The lowest BCUT2D eigenvalue weighted by Gasteiger charge is -2.36. The van der Waals surface area contributed by atoms with Crippen LogP contribution in [0.1, 0.15) is 24.5 Å². The second kappa shape index (κ2) is 5.48. The quantitative estimate of drug-likeness (QED) is 0.895. The number of aliphatic carboxylic acids is 1. The van der Waals surface area contributed by atoms with E-state index in [1.807, 2.05) is 31.2 Å². The number of fused-ring (bicyclic) bond motifs is 1. The predicted molar refractivity (Wildman–Crippen MR) is 75.6 cm³/mol. The lowest BCUT2D eigenvalue weighted by Crippen LogP contribution is -2.52. The molecule has 1 aromatic carbocycles. The Morgan fingerprint density at radius 3 is 2.62 bits per heavy atom. The van der Waals surface area contributed by atoms with Gasteiger partial charge < -0.3 is 14.7 Å². The van der Waals surface area contributed by atoms with Gasteiger partial charge in [-0.15, -0.1) is 0 Å². The summed E-state index contributed by atoms with van der Waals surface area (Å²) < 4.78 is 5.51. The molecule has 0 aliphatic carbocycles. The largest absolute Gasteiger partial charge is 0.480 e. The molecule has 1 aromatic rings. The smallest absolute Gasteiger partial charge is 0.326 e. The zero-order valence-electron chi connectivity index (χ0n) is 12.0. The molecule has 0 saturated carbocycles. The van der Waals surface area contributed by atoms with Crippen LogP contribution in [-0.4, -0.2) is 40.6 Å². The summed E-state index contributed by atoms with van der Waals surface area (Å²) >= 11 is 0. The normalized spacial score (nSPS) is 28.2. The Kier molecular flexibility index (Phi) is 3.68. The van der Waals surface area contributed by atoms with E-state index in [2.05, 4.69) is 0 Å². The van der Waals surface area contributed by atoms with Gasteiger partial charge in [0, 0.05) is 19.6 Å². The first kappa shape index (κ1) is 14.1. The average molecular weight is 289 g/mol. The molecule has 1 N–H and O–H groups in total. The Bertz CT molecular complexity index is 571. The molecule has 112 valence electrons. The van der Waals surface area contributed by atoms with E-state index in [4.69, 9.17) is 4.74 Å². The van der Waals surface area contributed by atoms with E-state index in [1.54, 1.807) is 0 Å². The molecule has 21 heavy (non-hydrogen) atoms. The first-order valence-corrected chi connectivity index (χ1v) is 7.29. The molecule has 1 saturated heterocycles. The molecular weight excluding hydrogens is 270 g/mol. The van der Waals surface area contributed by atoms with Crippen molar-refractivity contribution in [3.05, 3.63) is 35.4 Å². The molecule has 2 aliphatic heterocycles. The molecule has 5 heteroatoms. The minimum atomic E-state index is -0.955. The fourth-order valence-electron chi connectivity index (χ4n) is 3.15. The van der Waals surface area contributed by atoms with E-state index in [-0.39, 0.29) is 11.8 Å². The Hall–Kier alpha value is -1.88. The van der Waals surface area contributed by atoms with Crippen LogP contribution in [0.2, 0.25) is 0 Å². The van der Waals surface area contributed by atoms with Crippen molar-refractivity contribution < 1.29 is 19.4 Å². The summed E-state index contributed by atoms with van der Waals surface area (Å²) in [5.41, 5.74) is 2.03. The third kappa shape index (κ3) is 2.53. The zero-order chi connectivity index (χ0) is 15.0. The monoisotopic (exact) mass is 289 g/mol. The summed E-state index contributed by atoms with van der Waals surface area (Å²) in [5.74, 6) is -1.01. The first-order valence-electron chi connectivity index (χ1n) is 7.29. The van der Waals surface area contributed by atoms with E-state index in [1.165, 1.54) is 4.90 Å². The second-order valence-electron chi connectivity index (χ2n) is 5.85. The molecule has 2 aliphatic rings. The van der Waals surface area contributed by atoms with Gasteiger partial charge in [0.15, 0.2) is 0 Å². The number of carbonyl (C=O) groups is 2. The molecule has 2 heterocycles. The van der Waals surface area contributed by atoms with Crippen LogP contribution < -0.4 is 0 Å². The van der Waals surface area contributed by atoms with Gasteiger partial charge >= 0.3 is 5.97 Å². The number of carbonyl (C=O) groups excluding carboxylic acids is 1. The summed E-state index contributed by atoms with van der Waals surface area (Å²) in [4.78, 5) is 25.7. The van der Waals surface area contributed by atoms with Crippen LogP contribution in [0, 0.1) is 5.92 Å². The number of carboxylic acid groups (broad SMARTS) is 1. The van der Waals surface area contributed by atoms with E-state index in [0.29, 0.717) is 19.6 Å². The zero-order valence-corrected chi connectivity index (χ0v) is 12.0. The minimum absolute atomic E-state index is 0.143. The van der Waals surface area contributed by atoms with Crippen LogP contribution in [-0.2, 0) is 27.3 Å². The highest BCUT2D eigenvalue weighted by atomic mass is 16.5. The van der Waals surface area contributed by atoms with Gasteiger partial charge in [0.2, 0.25) is 0 Å². The highest BCUT2D eigenvalue weighted by Gasteiger charge is 2.40. The topological polar surface area (TPSA) is 66.8 Å². The van der Waals surface area contributed by atoms with Gasteiger partial charge in [-0.1, -0.05) is 31.2 Å². The molecule has 2 unspecified atom stereocenters. The fraction of sp³-hybridized carbons (Fsp3) is 0.500. The van der Waals surface area contributed by atoms with Gasteiger partial charge in [-0.2, -0.15) is 0 Å². The van der Waals surface area contributed by atoms with Crippen molar-refractivity contribution in [3.63, 3.8) is 0 Å². The van der Waals surface area contributed by atoms with Crippen molar-refractivity contribution in [2.24, 2.45) is 5.92 Å². The number of nitrogens with zero attached hydrogens (tertiary/aromatic N) is 1. The Balaban J connectivity index is 1.89. The highest BCUT2D eigenvalue weighted by Crippen LogP contribution is 2.28. The van der Waals surface area contributed by atoms with Crippen molar-refractivity contribution in [2.45, 2.75) is 38.5 Å². The van der Waals surface area contributed by atoms with E-state index in [9.17, 15) is 14.7 Å². The molecule has 3 rings (SSSR count). The van der Waals surface area contributed by atoms with Crippen LogP contribution in [0.15, 0.2) is 24.3 Å². The van der Waals surface area contributed by atoms with Crippen molar-refractivity contribution in [3.8, 4) is 0 Å². The first-order chi connectivity index (χ1) is 10.1. The van der Waals surface area contributed by atoms with Gasteiger partial charge in [-0.3, -0.25) is 4.79 Å². The maximum atomic E-state index is 12.7. The Morgan fingerprint density at radius 1 is 1.29 bits per heavy atom. The number of ether oxygens (including phenoxy) is 1. The van der Waals surface area contributed by atoms with Crippen molar-refractivity contribution in [1.29, 1.82) is 0 Å². The maximum Gasteiger partial charge on any atom is 0.326 e. The van der Waals surface area contributed by atoms with Gasteiger partial charge in [-0.25, -0.2) is 4.79 Å². The number of rotatable bonds is 2. The number of hydrogen-bond donors (Lipinski definition) is 1. The number of hydrogen-bond acceptors (Lipinski definition) is 3. The Morgan fingerprint density at radius 2 is 2.00 bits per heavy atom. The van der Waals surface area contributed by atoms with Gasteiger partial charge in [0.1, 0.15) is 12.1 Å². The minimum Gasteiger partial charge on any atom is -0.480 e. The van der Waals surface area contributed by atoms with Crippen LogP contribution in [0.5, 0.6) is 0 Å². The van der Waals surface area contributed by atoms with Crippen molar-refractivity contribution in [1.82, 2.24) is 4.90 Å². The maximum absolute atomic E-state index is 12.7. The number of benzene rings is 1. The van der Waals surface area contributed by atoms with Crippen LogP contribution >= 0.6 is 0 Å². The summed E-state index contributed by atoms with van der Waals surface area (Å²) in [6, 6.07) is 6.90. The summed E-state index contributed by atoms with van der Waals surface area (Å²) in [5, 5.41) is 9.46. The van der Waals surface area contributed by atoms with E-state index >= 15 is 0 Å². The van der Waals surface area contributed by atoms with Crippen molar-refractivity contribution in [2.75, 3.05) is 6.61 Å². The SMILES string of the molecule is CC1CCOC1C(=O)N1Cc2ccccc2C[C@H]1C(=O)O. The molecule has 1 amide bonds. The van der Waals surface area contributed by atoms with Gasteiger partial charge in [0.05, 0.1) is 0 Å².